The number of anilines is 4. The average molecular weight is 1940 g/mol. The Kier molecular flexibility index (Phi) is 29.0. The lowest BCUT2D eigenvalue weighted by Crippen LogP contribution is -2.52. The van der Waals surface area contributed by atoms with Gasteiger partial charge in [-0.15, -0.1) is 56.7 Å². The van der Waals surface area contributed by atoms with Gasteiger partial charge in [0.15, 0.2) is 11.6 Å². The maximum absolute atomic E-state index is 13.0. The molecule has 9 aliphatic rings. The molecule has 5 amide bonds. The van der Waals surface area contributed by atoms with Crippen LogP contribution in [0, 0.1) is 12.0 Å². The molecule has 0 radical (unpaired) electrons. The van der Waals surface area contributed by atoms with Crippen LogP contribution in [0.2, 0.25) is 30.1 Å². The van der Waals surface area contributed by atoms with E-state index < -0.39 is 17.5 Å². The summed E-state index contributed by atoms with van der Waals surface area (Å²) in [5, 5.41) is 21.8. The zero-order valence-electron chi connectivity index (χ0n) is 70.2. The number of rotatable bonds is 13. The fourth-order valence-corrected chi connectivity index (χ4v) is 24.6. The van der Waals surface area contributed by atoms with Crippen molar-refractivity contribution >= 4 is 193 Å². The topological polar surface area (TPSA) is 256 Å². The summed E-state index contributed by atoms with van der Waals surface area (Å²) in [7, 11) is 4.76. The van der Waals surface area contributed by atoms with Gasteiger partial charge in [0.1, 0.15) is 17.8 Å². The van der Waals surface area contributed by atoms with Crippen molar-refractivity contribution in [1.82, 2.24) is 31.6 Å². The van der Waals surface area contributed by atoms with Crippen molar-refractivity contribution in [2.24, 2.45) is 5.41 Å². The molecule has 7 aliphatic heterocycles. The number of halogens is 6. The van der Waals surface area contributed by atoms with Crippen LogP contribution in [0.25, 0.3) is 15.3 Å². The smallest absolute Gasteiger partial charge is 0.262 e. The van der Waals surface area contributed by atoms with Gasteiger partial charge in [0.2, 0.25) is 17.5 Å². The minimum Gasteiger partial charge on any atom is -0.495 e. The lowest BCUT2D eigenvalue weighted by Gasteiger charge is -2.31. The van der Waals surface area contributed by atoms with E-state index in [2.05, 4.69) is 88.1 Å². The molecule has 34 heteroatoms. The average Bonchev–Trinajstić information content (AvgIpc) is 1.57. The zero-order chi connectivity index (χ0) is 89.8. The predicted octanol–water partition coefficient (Wildman–Crippen LogP) is 18.6. The number of thiophene rings is 5. The largest absolute Gasteiger partial charge is 0.495 e. The molecule has 0 saturated carbocycles. The summed E-state index contributed by atoms with van der Waals surface area (Å²) in [6.45, 7) is 24.5. The summed E-state index contributed by atoms with van der Waals surface area (Å²) in [4.78, 5) is 110. The molecule has 0 spiro atoms. The number of hydrogen-bond donors (Lipinski definition) is 5. The molecule has 4 saturated heterocycles. The molecule has 664 valence electrons. The molecule has 4 fully saturated rings. The molecule has 7 atom stereocenters. The summed E-state index contributed by atoms with van der Waals surface area (Å²) in [5.74, 6) is -0.357. The number of likely N-dealkylation sites (N-methyl/N-ethyl adjacent to an activating group) is 2. The van der Waals surface area contributed by atoms with Gasteiger partial charge in [-0.1, -0.05) is 132 Å². The Bertz CT molecular complexity index is 6020. The van der Waals surface area contributed by atoms with E-state index in [0.717, 1.165) is 164 Å². The maximum atomic E-state index is 13.0. The number of nitrogens with one attached hydrogen (secondary N) is 5. The zero-order valence-corrected chi connectivity index (χ0v) is 78.8. The van der Waals surface area contributed by atoms with Crippen molar-refractivity contribution in [2.75, 3.05) is 153 Å². The first-order valence-electron chi connectivity index (χ1n) is 41.7. The lowest BCUT2D eigenvalue weighted by molar-refractivity contribution is -0.123. The number of nitrogens with zero attached hydrogens (tertiary/aromatic N) is 6. The van der Waals surface area contributed by atoms with E-state index in [4.69, 9.17) is 99.9 Å². The van der Waals surface area contributed by atoms with Gasteiger partial charge >= 0.3 is 0 Å². The Balaban J connectivity index is 0.000000118. The molecule has 20 rings (SSSR count). The molecular weight excluding hydrogens is 1850 g/mol. The summed E-state index contributed by atoms with van der Waals surface area (Å²) in [6.07, 6.45) is 3.96. The van der Waals surface area contributed by atoms with E-state index in [9.17, 15) is 33.6 Å². The number of carbonyl (C=O) groups is 7. The molecule has 5 aromatic carbocycles. The normalized spacial score (nSPS) is 20.6. The Morgan fingerprint density at radius 3 is 1.43 bits per heavy atom. The first-order valence-corrected chi connectivity index (χ1v) is 48.0. The number of aromatic nitrogens is 1. The second kappa shape index (κ2) is 40.5. The highest BCUT2D eigenvalue weighted by Gasteiger charge is 2.50. The third-order valence-electron chi connectivity index (χ3n) is 24.1. The summed E-state index contributed by atoms with van der Waals surface area (Å²) < 4.78 is 27.0. The summed E-state index contributed by atoms with van der Waals surface area (Å²) in [5.41, 5.74) is 11.0. The van der Waals surface area contributed by atoms with Crippen LogP contribution in [0.5, 0.6) is 5.75 Å². The number of ketones is 2. The van der Waals surface area contributed by atoms with Gasteiger partial charge in [-0.2, -0.15) is 0 Å². The van der Waals surface area contributed by atoms with E-state index in [1.54, 1.807) is 74.5 Å². The fraction of sp³-hybridized carbons (Fsp3) is 0.330. The van der Waals surface area contributed by atoms with Crippen LogP contribution >= 0.6 is 126 Å². The van der Waals surface area contributed by atoms with Gasteiger partial charge in [0.25, 0.3) is 17.7 Å². The van der Waals surface area contributed by atoms with Crippen LogP contribution in [-0.4, -0.2) is 191 Å². The Hall–Kier alpha value is -9.49. The Labute approximate surface area is 791 Å². The van der Waals surface area contributed by atoms with Crippen LogP contribution < -0.4 is 50.9 Å². The Morgan fingerprint density at radius 2 is 0.930 bits per heavy atom. The van der Waals surface area contributed by atoms with Crippen LogP contribution in [0.15, 0.2) is 158 Å². The van der Waals surface area contributed by atoms with Crippen LogP contribution in [-0.2, 0) is 28.5 Å². The van der Waals surface area contributed by atoms with E-state index in [-0.39, 0.29) is 70.7 Å². The number of morpholine rings is 4. The highest BCUT2D eigenvalue weighted by atomic mass is 35.5. The van der Waals surface area contributed by atoms with Gasteiger partial charge in [-0.05, 0) is 158 Å². The van der Waals surface area contributed by atoms with Gasteiger partial charge in [-0.3, -0.25) is 38.5 Å². The summed E-state index contributed by atoms with van der Waals surface area (Å²) >= 11 is 44.0. The number of amides is 5. The maximum Gasteiger partial charge on any atom is 0.262 e. The lowest BCUT2D eigenvalue weighted by atomic mass is 9.75. The number of pyridine rings is 1. The third-order valence-corrected chi connectivity index (χ3v) is 32.0. The molecule has 2 aliphatic carbocycles. The molecule has 6 aromatic heterocycles. The van der Waals surface area contributed by atoms with Gasteiger partial charge < -0.3 is 69.9 Å². The minimum absolute atomic E-state index is 0.0864. The highest BCUT2D eigenvalue weighted by Crippen LogP contribution is 2.56. The number of hydrogen-bond acceptors (Lipinski definition) is 22. The number of carbonyl (C=O) groups excluding carboxylic acids is 7. The predicted molar refractivity (Wildman–Crippen MR) is 511 cm³/mol. The minimum atomic E-state index is -0.684. The standard InChI is InChI=1S/C20H16ClN3O2S.C19H20ClN3O3S.C19H20ClNO2S.C18H15Cl2N3O2S.C18H18ClNO3S/c1-22-19(25)17-16(12-2-4-13(21)5-3-12)14-10-15(11-6-8-23-9-7-11)27-18(14)20(26)24-17;1-21-18(24)16-15(11-2-4-12(20)5-3-11)13-10-14(23-6-8-26-9-7-23)27-17(13)19(25)22-16;1-19(2)16(12-3-5-13(20)6-4-12)14-11-15(24-17(14)18(19)22)21-7-9-23-10-8-21;1-21-15-14-11(10-2-3-12(19)13(20)8-10)9-22-17(24)16(14)26-18(15)23-4-6-25-7-5-23;1-22-16-8-11(2-3-14(16)19)12-9-15(21)18-13(12)10-17(24-18)20-4-6-23-7-5-20/h2-10,16-17H,1H3,(H,22,25)(H,24,26);2-5,10,15-16H,6-9H2,1H3,(H,21,24)(H,22,25);3-6,11,16H,7-10H2,1-2H3;2-3,8,11H,4-7,9H2,(H,22,24);2-3,8,10,12H,4-7,9H2,1H3/t16-,17-;15-,16+;;;/m11.../s1. The monoisotopic (exact) mass is 1930 g/mol. The fourth-order valence-electron chi connectivity index (χ4n) is 17.5. The van der Waals surface area contributed by atoms with Crippen LogP contribution in [0.1, 0.15) is 154 Å². The number of benzene rings is 5. The SMILES string of the molecule is CC1(C)C(=O)c2sc(N3CCOCC3)cc2C1c1ccc(Cl)cc1.CNC(=O)[C@@H]1NC(=O)c2sc(-c3ccncc3)cc2[C@H]1c1ccc(Cl)cc1.CNC(=O)[C@H]1NC(=O)c2sc(N3CCOCC3)cc2[C@H]1c1ccc(Cl)cc1.COc1cc(C2CC(=O)c3sc(N4CCOCC4)cc32)ccc1Cl.[C-]#[N+]c1c(N2CCOCC2)sc2c1C(c1ccc(Cl)c(Cl)c1)CNC2=O. The number of fused-ring (bicyclic) bond motifs is 5. The molecular formula is C94H89Cl6N11O12S5. The Morgan fingerprint density at radius 1 is 0.484 bits per heavy atom. The first kappa shape index (κ1) is 91.8. The van der Waals surface area contributed by atoms with Crippen LogP contribution in [0.4, 0.5) is 25.7 Å². The van der Waals surface area contributed by atoms with Crippen molar-refractivity contribution in [1.29, 1.82) is 0 Å². The quantitative estimate of drug-likeness (QED) is 0.0672. The van der Waals surface area contributed by atoms with Crippen molar-refractivity contribution in [3.63, 3.8) is 0 Å². The van der Waals surface area contributed by atoms with Crippen molar-refractivity contribution in [2.45, 2.75) is 61.9 Å². The van der Waals surface area contributed by atoms with Gasteiger partial charge in [-0.25, -0.2) is 4.85 Å². The van der Waals surface area contributed by atoms with Crippen LogP contribution in [0.3, 0.4) is 0 Å². The van der Waals surface area contributed by atoms with E-state index in [1.165, 1.54) is 49.6 Å². The molecule has 13 heterocycles. The van der Waals surface area contributed by atoms with Crippen molar-refractivity contribution in [3.05, 3.63) is 280 Å². The molecule has 5 N–H and O–H groups in total. The van der Waals surface area contributed by atoms with E-state index in [1.807, 2.05) is 109 Å². The molecule has 23 nitrogen and oxygen atoms in total. The second-order valence-corrected chi connectivity index (χ2v) is 39.7. The van der Waals surface area contributed by atoms with Gasteiger partial charge in [0, 0.05) is 147 Å². The molecule has 128 heavy (non-hydrogen) atoms. The third kappa shape index (κ3) is 19.3. The molecule has 11 aromatic rings. The van der Waals surface area contributed by atoms with E-state index in [0.29, 0.717) is 90.6 Å². The number of ether oxygens (including phenoxy) is 5. The second-order valence-electron chi connectivity index (χ2n) is 32.0. The number of Topliss-reactive ketones (excluding diaryl/α,β-unsaturated/α-hetero) is 2. The van der Waals surface area contributed by atoms with Crippen molar-refractivity contribution in [3.8, 4) is 16.2 Å². The molecule has 3 unspecified atom stereocenters. The molecule has 0 bridgehead atoms. The summed E-state index contributed by atoms with van der Waals surface area (Å²) in [6, 6.07) is 44.9. The first-order chi connectivity index (χ1) is 61.9. The highest BCUT2D eigenvalue weighted by molar-refractivity contribution is 7.20. The van der Waals surface area contributed by atoms with Gasteiger partial charge in [0.05, 0.1) is 126 Å². The van der Waals surface area contributed by atoms with E-state index >= 15 is 0 Å². The van der Waals surface area contributed by atoms with Crippen molar-refractivity contribution < 1.29 is 57.2 Å². The number of methoxy groups -OCH3 is 1.